The van der Waals surface area contributed by atoms with Crippen molar-refractivity contribution < 1.29 is 27.5 Å². The Balaban J connectivity index is 1.47. The molecule has 2 aliphatic heterocycles. The lowest BCUT2D eigenvalue weighted by atomic mass is 9.91. The Bertz CT molecular complexity index is 974. The van der Waals surface area contributed by atoms with E-state index >= 15 is 0 Å². The topological polar surface area (TPSA) is 71.3 Å². The molecule has 6 nitrogen and oxygen atoms in total. The van der Waals surface area contributed by atoms with Crippen LogP contribution in [0.15, 0.2) is 34.3 Å². The van der Waals surface area contributed by atoms with Gasteiger partial charge in [0.1, 0.15) is 5.71 Å². The molecule has 9 heteroatoms. The van der Waals surface area contributed by atoms with Gasteiger partial charge in [0.15, 0.2) is 0 Å². The second kappa shape index (κ2) is 8.33. The minimum Gasteiger partial charge on any atom is -0.465 e. The number of amides is 1. The molecule has 1 saturated carbocycles. The largest absolute Gasteiger partial charge is 0.465 e. The summed E-state index contributed by atoms with van der Waals surface area (Å²) in [7, 11) is 1.27. The van der Waals surface area contributed by atoms with Gasteiger partial charge in [-0.25, -0.2) is 9.79 Å². The third-order valence-electron chi connectivity index (χ3n) is 7.04. The van der Waals surface area contributed by atoms with Crippen molar-refractivity contribution in [2.24, 2.45) is 27.7 Å². The molecule has 0 spiro atoms. The zero-order valence-electron chi connectivity index (χ0n) is 18.2. The van der Waals surface area contributed by atoms with E-state index in [2.05, 4.69) is 9.98 Å². The van der Waals surface area contributed by atoms with Crippen molar-refractivity contribution >= 4 is 23.4 Å². The van der Waals surface area contributed by atoms with Gasteiger partial charge in [-0.2, -0.15) is 13.2 Å². The summed E-state index contributed by atoms with van der Waals surface area (Å²) in [5.74, 6) is -1.08. The van der Waals surface area contributed by atoms with Crippen LogP contribution in [-0.2, 0) is 20.5 Å². The number of halogens is 3. The fraction of sp³-hybridized carbons (Fsp3) is 0.565. The Morgan fingerprint density at radius 2 is 1.72 bits per heavy atom. The number of likely N-dealkylation sites (tertiary alicyclic amines) is 1. The number of methoxy groups -OCH3 is 1. The molecule has 2 fully saturated rings. The van der Waals surface area contributed by atoms with Gasteiger partial charge < -0.3 is 9.64 Å². The number of rotatable bonds is 3. The zero-order valence-corrected chi connectivity index (χ0v) is 18.2. The summed E-state index contributed by atoms with van der Waals surface area (Å²) in [6.45, 7) is 4.54. The van der Waals surface area contributed by atoms with E-state index < -0.39 is 17.7 Å². The van der Waals surface area contributed by atoms with E-state index in [1.54, 1.807) is 17.0 Å². The number of carbonyl (C=O) groups is 2. The summed E-state index contributed by atoms with van der Waals surface area (Å²) in [5.41, 5.74) is -0.0390. The number of esters is 1. The Morgan fingerprint density at radius 1 is 1.09 bits per heavy atom. The monoisotopic (exact) mass is 449 g/mol. The highest BCUT2D eigenvalue weighted by Gasteiger charge is 2.46. The Kier molecular flexibility index (Phi) is 5.85. The maximum Gasteiger partial charge on any atom is 0.416 e. The van der Waals surface area contributed by atoms with Gasteiger partial charge in [0.05, 0.1) is 18.7 Å². The highest BCUT2D eigenvalue weighted by atomic mass is 19.4. The van der Waals surface area contributed by atoms with Crippen LogP contribution in [0.4, 0.5) is 13.2 Å². The third kappa shape index (κ3) is 4.04. The summed E-state index contributed by atoms with van der Waals surface area (Å²) in [4.78, 5) is 35.3. The van der Waals surface area contributed by atoms with Crippen LogP contribution in [0.3, 0.4) is 0 Å². The maximum absolute atomic E-state index is 13.4. The van der Waals surface area contributed by atoms with Gasteiger partial charge in [-0.15, -0.1) is 0 Å². The highest BCUT2D eigenvalue weighted by Crippen LogP contribution is 2.48. The molecule has 5 atom stereocenters. The molecular formula is C23H26F3N3O3. The number of ether oxygens (including phenoxy) is 1. The molecule has 4 rings (SSSR count). The van der Waals surface area contributed by atoms with Crippen LogP contribution < -0.4 is 0 Å². The van der Waals surface area contributed by atoms with Crippen LogP contribution in [0, 0.1) is 17.8 Å². The summed E-state index contributed by atoms with van der Waals surface area (Å²) < 4.78 is 45.1. The van der Waals surface area contributed by atoms with E-state index in [0.717, 1.165) is 6.07 Å². The molecule has 1 aromatic carbocycles. The number of hydrogen-bond donors (Lipinski definition) is 0. The van der Waals surface area contributed by atoms with Crippen LogP contribution in [-0.4, -0.2) is 54.6 Å². The smallest absolute Gasteiger partial charge is 0.416 e. The van der Waals surface area contributed by atoms with Gasteiger partial charge in [-0.3, -0.25) is 9.79 Å². The first-order chi connectivity index (χ1) is 15.1. The summed E-state index contributed by atoms with van der Waals surface area (Å²) >= 11 is 0. The van der Waals surface area contributed by atoms with Gasteiger partial charge >= 0.3 is 12.1 Å². The summed E-state index contributed by atoms with van der Waals surface area (Å²) in [5, 5.41) is 0. The minimum absolute atomic E-state index is 0.00468. The van der Waals surface area contributed by atoms with E-state index in [0.29, 0.717) is 31.5 Å². The molecule has 0 N–H and O–H groups in total. The normalized spacial score (nSPS) is 29.9. The number of benzene rings is 1. The number of amidine groups is 1. The molecule has 3 aliphatic rings. The number of carbonyl (C=O) groups excluding carboxylic acids is 2. The van der Waals surface area contributed by atoms with E-state index in [4.69, 9.17) is 4.74 Å². The molecular weight excluding hydrogens is 423 g/mol. The number of fused-ring (bicyclic) bond motifs is 1. The number of alkyl halides is 3. The number of nitrogens with zero attached hydrogens (tertiary/aromatic N) is 3. The van der Waals surface area contributed by atoms with Crippen LogP contribution in [0.2, 0.25) is 0 Å². The second-order valence-electron chi connectivity index (χ2n) is 8.95. The van der Waals surface area contributed by atoms with Crippen molar-refractivity contribution in [3.8, 4) is 0 Å². The Morgan fingerprint density at radius 3 is 2.31 bits per heavy atom. The quantitative estimate of drug-likeness (QED) is 0.661. The lowest BCUT2D eigenvalue weighted by molar-refractivity contribution is -0.138. The molecule has 1 amide bonds. The molecule has 0 aromatic heterocycles. The lowest BCUT2D eigenvalue weighted by Gasteiger charge is -2.25. The summed E-state index contributed by atoms with van der Waals surface area (Å²) in [6, 6.07) is 5.48. The van der Waals surface area contributed by atoms with Crippen molar-refractivity contribution in [2.45, 2.75) is 44.8 Å². The average molecular weight is 449 g/mol. The molecule has 172 valence electrons. The molecule has 32 heavy (non-hydrogen) atoms. The Labute approximate surface area is 184 Å². The van der Waals surface area contributed by atoms with E-state index in [1.807, 2.05) is 13.8 Å². The Hall–Kier alpha value is -2.71. The lowest BCUT2D eigenvalue weighted by Crippen LogP contribution is -2.41. The molecule has 0 radical (unpaired) electrons. The van der Waals surface area contributed by atoms with Gasteiger partial charge in [0, 0.05) is 19.0 Å². The van der Waals surface area contributed by atoms with E-state index in [1.165, 1.54) is 13.2 Å². The minimum atomic E-state index is -4.38. The van der Waals surface area contributed by atoms with Crippen LogP contribution in [0.1, 0.15) is 43.7 Å². The predicted octanol–water partition coefficient (Wildman–Crippen LogP) is 3.71. The van der Waals surface area contributed by atoms with Gasteiger partial charge in [0.2, 0.25) is 5.84 Å². The van der Waals surface area contributed by atoms with E-state index in [9.17, 15) is 22.8 Å². The molecule has 1 saturated heterocycles. The third-order valence-corrected chi connectivity index (χ3v) is 7.04. The fourth-order valence-corrected chi connectivity index (χ4v) is 5.19. The van der Waals surface area contributed by atoms with Gasteiger partial charge in [-0.05, 0) is 49.1 Å². The van der Waals surface area contributed by atoms with Crippen molar-refractivity contribution in [3.05, 3.63) is 35.4 Å². The first-order valence-corrected chi connectivity index (χ1v) is 10.8. The molecule has 0 bridgehead atoms. The van der Waals surface area contributed by atoms with Crippen LogP contribution in [0.25, 0.3) is 0 Å². The predicted molar refractivity (Wildman–Crippen MR) is 112 cm³/mol. The maximum atomic E-state index is 13.4. The van der Waals surface area contributed by atoms with Gasteiger partial charge in [-0.1, -0.05) is 25.1 Å². The number of hydrogen-bond acceptors (Lipinski definition) is 5. The second-order valence-corrected chi connectivity index (χ2v) is 8.95. The first-order valence-electron chi connectivity index (χ1n) is 10.8. The fourth-order valence-electron chi connectivity index (χ4n) is 5.19. The highest BCUT2D eigenvalue weighted by molar-refractivity contribution is 6.47. The van der Waals surface area contributed by atoms with Crippen molar-refractivity contribution in [2.75, 3.05) is 20.2 Å². The van der Waals surface area contributed by atoms with Crippen molar-refractivity contribution in [1.82, 2.24) is 4.90 Å². The van der Waals surface area contributed by atoms with Crippen molar-refractivity contribution in [1.29, 1.82) is 0 Å². The zero-order chi connectivity index (χ0) is 23.2. The van der Waals surface area contributed by atoms with E-state index in [-0.39, 0.29) is 47.2 Å². The average Bonchev–Trinajstić information content (AvgIpc) is 3.33. The van der Waals surface area contributed by atoms with Crippen LogP contribution >= 0.6 is 0 Å². The standard InChI is InChI=1S/C23H26F3N3O3/c1-12-13(2)27-20(28-19(12)22(31)32-3)21(30)29-10-15-8-14(9-16(15)11-29)17-6-4-5-7-18(17)23(24,25)26/h4-7,12-16H,8-11H2,1-3H3/t12?,13?,14-,15-,16+. The SMILES string of the molecule is COC(=O)C1=NC(C(=O)N2C[C@H]3C[C@@H](c4ccccc4C(F)(F)F)C[C@H]3C2)=NC(C)C1C. The first kappa shape index (κ1) is 22.5. The number of aliphatic imine (C=N–C) groups is 2. The molecule has 1 aromatic rings. The summed E-state index contributed by atoms with van der Waals surface area (Å²) in [6.07, 6.45) is -3.16. The molecule has 1 aliphatic carbocycles. The molecule has 2 unspecified atom stereocenters. The van der Waals surface area contributed by atoms with Crippen molar-refractivity contribution in [3.63, 3.8) is 0 Å². The van der Waals surface area contributed by atoms with Gasteiger partial charge in [0.25, 0.3) is 5.91 Å². The molecule has 2 heterocycles. The van der Waals surface area contributed by atoms with Crippen LogP contribution in [0.5, 0.6) is 0 Å².